The number of thioether (sulfide) groups is 1. The van der Waals surface area contributed by atoms with Crippen molar-refractivity contribution in [2.75, 3.05) is 25.4 Å². The molecule has 0 radical (unpaired) electrons. The lowest BCUT2D eigenvalue weighted by atomic mass is 10.1. The molecule has 0 aromatic heterocycles. The van der Waals surface area contributed by atoms with Gasteiger partial charge in [-0.3, -0.25) is 14.5 Å². The molecule has 0 atom stereocenters. The first-order chi connectivity index (χ1) is 10.6. The predicted octanol–water partition coefficient (Wildman–Crippen LogP) is 1.88. The minimum atomic E-state index is -0.334. The Morgan fingerprint density at radius 3 is 2.64 bits per heavy atom. The highest BCUT2D eigenvalue weighted by atomic mass is 35.5. The van der Waals surface area contributed by atoms with Crippen LogP contribution in [0.25, 0.3) is 0 Å². The Labute approximate surface area is 137 Å². The van der Waals surface area contributed by atoms with Gasteiger partial charge in [-0.1, -0.05) is 41.6 Å². The highest BCUT2D eigenvalue weighted by Gasteiger charge is 2.29. The minimum absolute atomic E-state index is 0.183. The van der Waals surface area contributed by atoms with Crippen molar-refractivity contribution in [3.63, 3.8) is 0 Å². The Kier molecular flexibility index (Phi) is 6.09. The number of hydrogen-bond donors (Lipinski definition) is 2. The number of carbonyl (C=O) groups is 3. The molecule has 1 heterocycles. The lowest BCUT2D eigenvalue weighted by Gasteiger charge is -2.13. The Hall–Kier alpha value is -1.73. The van der Waals surface area contributed by atoms with Crippen molar-refractivity contribution in [3.05, 3.63) is 34.9 Å². The zero-order valence-corrected chi connectivity index (χ0v) is 13.4. The van der Waals surface area contributed by atoms with Gasteiger partial charge in [-0.05, 0) is 18.1 Å². The van der Waals surface area contributed by atoms with Crippen LogP contribution in [0.4, 0.5) is 9.59 Å². The molecular weight excluding hydrogens is 326 g/mol. The van der Waals surface area contributed by atoms with Gasteiger partial charge < -0.3 is 10.6 Å². The van der Waals surface area contributed by atoms with Crippen molar-refractivity contribution in [1.29, 1.82) is 0 Å². The van der Waals surface area contributed by atoms with Crippen LogP contribution in [0.1, 0.15) is 5.56 Å². The number of halogens is 1. The lowest BCUT2D eigenvalue weighted by Crippen LogP contribution is -2.42. The maximum Gasteiger partial charge on any atom is 0.314 e. The van der Waals surface area contributed by atoms with E-state index in [4.69, 9.17) is 11.6 Å². The van der Waals surface area contributed by atoms with E-state index < -0.39 is 0 Å². The summed E-state index contributed by atoms with van der Waals surface area (Å²) < 4.78 is 0. The molecule has 1 saturated heterocycles. The molecule has 0 bridgehead atoms. The summed E-state index contributed by atoms with van der Waals surface area (Å²) in [6, 6.07) is 7.12. The summed E-state index contributed by atoms with van der Waals surface area (Å²) in [6.45, 7) is 0.881. The van der Waals surface area contributed by atoms with Crippen LogP contribution in [-0.4, -0.2) is 47.5 Å². The molecule has 0 saturated carbocycles. The first-order valence-corrected chi connectivity index (χ1v) is 8.16. The second-order valence-electron chi connectivity index (χ2n) is 4.62. The van der Waals surface area contributed by atoms with Crippen molar-refractivity contribution in [2.45, 2.75) is 6.42 Å². The average Bonchev–Trinajstić information content (AvgIpc) is 2.81. The normalized spacial score (nSPS) is 14.3. The standard InChI is InChI=1S/C14H16ClN3O3S/c15-11-4-2-1-3-10(11)5-6-16-13(20)17-7-8-18-12(19)9-22-14(18)21/h1-4H,5-9H2,(H2,16,17,20). The molecule has 1 aromatic rings. The van der Waals surface area contributed by atoms with Crippen molar-refractivity contribution >= 4 is 40.5 Å². The monoisotopic (exact) mass is 341 g/mol. The molecule has 1 aliphatic heterocycles. The fraction of sp³-hybridized carbons (Fsp3) is 0.357. The number of amides is 4. The number of nitrogens with one attached hydrogen (secondary N) is 2. The smallest absolute Gasteiger partial charge is 0.314 e. The van der Waals surface area contributed by atoms with Crippen LogP contribution in [0.3, 0.4) is 0 Å². The van der Waals surface area contributed by atoms with E-state index in [9.17, 15) is 14.4 Å². The molecule has 2 N–H and O–H groups in total. The zero-order valence-electron chi connectivity index (χ0n) is 11.8. The second-order valence-corrected chi connectivity index (χ2v) is 5.96. The maximum absolute atomic E-state index is 11.6. The molecule has 0 aliphatic carbocycles. The van der Waals surface area contributed by atoms with Gasteiger partial charge in [0.25, 0.3) is 5.24 Å². The molecule has 22 heavy (non-hydrogen) atoms. The van der Waals surface area contributed by atoms with E-state index in [1.807, 2.05) is 18.2 Å². The van der Waals surface area contributed by atoms with E-state index in [0.29, 0.717) is 18.0 Å². The highest BCUT2D eigenvalue weighted by molar-refractivity contribution is 8.14. The molecule has 8 heteroatoms. The molecule has 1 fully saturated rings. The van der Waals surface area contributed by atoms with Crippen molar-refractivity contribution in [1.82, 2.24) is 15.5 Å². The SMILES string of the molecule is O=C(NCCc1ccccc1Cl)NCCN1C(=O)CSC1=O. The van der Waals surface area contributed by atoms with Crippen LogP contribution in [0.2, 0.25) is 5.02 Å². The van der Waals surface area contributed by atoms with Gasteiger partial charge >= 0.3 is 6.03 Å². The first kappa shape index (κ1) is 16.6. The molecule has 118 valence electrons. The minimum Gasteiger partial charge on any atom is -0.338 e. The van der Waals surface area contributed by atoms with E-state index >= 15 is 0 Å². The molecule has 4 amide bonds. The van der Waals surface area contributed by atoms with Crippen LogP contribution in [-0.2, 0) is 11.2 Å². The van der Waals surface area contributed by atoms with Crippen LogP contribution < -0.4 is 10.6 Å². The van der Waals surface area contributed by atoms with Gasteiger partial charge in [-0.2, -0.15) is 0 Å². The Balaban J connectivity index is 1.63. The Bertz CT molecular complexity index is 566. The molecule has 6 nitrogen and oxygen atoms in total. The lowest BCUT2D eigenvalue weighted by molar-refractivity contribution is -0.124. The molecule has 0 unspecified atom stereocenters. The largest absolute Gasteiger partial charge is 0.338 e. The molecule has 2 rings (SSSR count). The second kappa shape index (κ2) is 8.05. The van der Waals surface area contributed by atoms with E-state index in [1.165, 1.54) is 0 Å². The predicted molar refractivity (Wildman–Crippen MR) is 86.1 cm³/mol. The van der Waals surface area contributed by atoms with Crippen molar-refractivity contribution < 1.29 is 14.4 Å². The summed E-state index contributed by atoms with van der Waals surface area (Å²) >= 11 is 7.01. The number of nitrogens with zero attached hydrogens (tertiary/aromatic N) is 1. The fourth-order valence-corrected chi connectivity index (χ4v) is 2.93. The third-order valence-electron chi connectivity index (χ3n) is 3.10. The third-order valence-corrected chi connectivity index (χ3v) is 4.33. The van der Waals surface area contributed by atoms with Gasteiger partial charge in [-0.15, -0.1) is 0 Å². The number of rotatable bonds is 6. The highest BCUT2D eigenvalue weighted by Crippen LogP contribution is 2.17. The van der Waals surface area contributed by atoms with Gasteiger partial charge in [0.05, 0.1) is 5.75 Å². The summed E-state index contributed by atoms with van der Waals surface area (Å²) in [4.78, 5) is 35.5. The number of hydrogen-bond acceptors (Lipinski definition) is 4. The topological polar surface area (TPSA) is 78.5 Å². The quantitative estimate of drug-likeness (QED) is 0.828. The molecule has 1 aliphatic rings. The number of imide groups is 1. The van der Waals surface area contributed by atoms with Gasteiger partial charge in [0.15, 0.2) is 0 Å². The number of benzene rings is 1. The summed E-state index contributed by atoms with van der Waals surface area (Å²) in [5, 5.41) is 5.73. The van der Waals surface area contributed by atoms with Gasteiger partial charge in [-0.25, -0.2) is 4.79 Å². The zero-order chi connectivity index (χ0) is 15.9. The number of carbonyl (C=O) groups excluding carboxylic acids is 3. The molecular formula is C14H16ClN3O3S. The van der Waals surface area contributed by atoms with Gasteiger partial charge in [0.1, 0.15) is 0 Å². The van der Waals surface area contributed by atoms with Gasteiger partial charge in [0.2, 0.25) is 5.91 Å². The van der Waals surface area contributed by atoms with Crippen molar-refractivity contribution in [3.8, 4) is 0 Å². The van der Waals surface area contributed by atoms with E-state index in [1.54, 1.807) is 6.07 Å². The average molecular weight is 342 g/mol. The summed E-state index contributed by atoms with van der Waals surface area (Å²) in [6.07, 6.45) is 0.632. The number of urea groups is 1. The summed E-state index contributed by atoms with van der Waals surface area (Å²) in [7, 11) is 0. The van der Waals surface area contributed by atoms with Crippen LogP contribution in [0.5, 0.6) is 0 Å². The Morgan fingerprint density at radius 2 is 1.95 bits per heavy atom. The Morgan fingerprint density at radius 1 is 1.23 bits per heavy atom. The van der Waals surface area contributed by atoms with E-state index in [2.05, 4.69) is 10.6 Å². The van der Waals surface area contributed by atoms with E-state index in [-0.39, 0.29) is 36.0 Å². The summed E-state index contributed by atoms with van der Waals surface area (Å²) in [5.74, 6) is -0.0287. The van der Waals surface area contributed by atoms with Crippen molar-refractivity contribution in [2.24, 2.45) is 0 Å². The molecule has 0 spiro atoms. The van der Waals surface area contributed by atoms with Crippen LogP contribution in [0, 0.1) is 0 Å². The molecule has 1 aromatic carbocycles. The van der Waals surface area contributed by atoms with Gasteiger partial charge in [0, 0.05) is 24.7 Å². The fourth-order valence-electron chi connectivity index (χ4n) is 1.95. The maximum atomic E-state index is 11.6. The van der Waals surface area contributed by atoms with Crippen LogP contribution in [0.15, 0.2) is 24.3 Å². The van der Waals surface area contributed by atoms with E-state index in [0.717, 1.165) is 22.2 Å². The first-order valence-electron chi connectivity index (χ1n) is 6.80. The van der Waals surface area contributed by atoms with Crippen LogP contribution >= 0.6 is 23.4 Å². The summed E-state index contributed by atoms with van der Waals surface area (Å²) in [5.41, 5.74) is 0.967. The third kappa shape index (κ3) is 4.64.